The number of nitrogens with zero attached hydrogens (tertiary/aromatic N) is 4. The molecular weight excluding hydrogens is 414 g/mol. The fourth-order valence-electron chi connectivity index (χ4n) is 2.92. The van der Waals surface area contributed by atoms with Crippen LogP contribution in [-0.2, 0) is 9.53 Å². The molecule has 0 bridgehead atoms. The molecule has 0 aliphatic heterocycles. The van der Waals surface area contributed by atoms with Crippen LogP contribution in [-0.4, -0.2) is 44.3 Å². The largest absolute Gasteiger partial charge is 0.465 e. The second kappa shape index (κ2) is 9.31. The zero-order valence-electron chi connectivity index (χ0n) is 16.6. The number of hydrogen-bond donors (Lipinski definition) is 1. The zero-order chi connectivity index (χ0) is 21.6. The molecule has 0 saturated heterocycles. The predicted molar refractivity (Wildman–Crippen MR) is 118 cm³/mol. The van der Waals surface area contributed by atoms with Crippen LogP contribution in [0.5, 0.6) is 0 Å². The van der Waals surface area contributed by atoms with Gasteiger partial charge in [0.2, 0.25) is 11.1 Å². The number of esters is 1. The molecule has 2 heterocycles. The molecule has 0 saturated carbocycles. The number of carbonyl (C=O) groups is 2. The predicted octanol–water partition coefficient (Wildman–Crippen LogP) is 3.58. The molecule has 31 heavy (non-hydrogen) atoms. The number of amides is 1. The SMILES string of the molecule is COC(=O)c1ccc(NC(=O)CSc2nnc(-c3ccccc3)n2-n2cccc2)cc1. The Labute approximate surface area is 182 Å². The maximum atomic E-state index is 12.4. The standard InChI is InChI=1S/C22H19N5O3S/c1-30-21(29)17-9-11-18(12-10-17)23-19(28)15-31-22-25-24-20(16-7-3-2-4-8-16)27(22)26-13-5-6-14-26/h2-14H,15H2,1H3,(H,23,28). The molecule has 4 aromatic rings. The molecule has 0 aliphatic rings. The third kappa shape index (κ3) is 4.67. The van der Waals surface area contributed by atoms with Crippen molar-refractivity contribution in [3.05, 3.63) is 84.7 Å². The third-order valence-corrected chi connectivity index (χ3v) is 5.31. The van der Waals surface area contributed by atoms with E-state index in [1.807, 2.05) is 64.2 Å². The fraction of sp³-hybridized carbons (Fsp3) is 0.0909. The third-order valence-electron chi connectivity index (χ3n) is 4.39. The minimum atomic E-state index is -0.424. The van der Waals surface area contributed by atoms with Gasteiger partial charge in [0.05, 0.1) is 18.4 Å². The smallest absolute Gasteiger partial charge is 0.337 e. The highest BCUT2D eigenvalue weighted by molar-refractivity contribution is 7.99. The maximum absolute atomic E-state index is 12.4. The Morgan fingerprint density at radius 1 is 0.968 bits per heavy atom. The summed E-state index contributed by atoms with van der Waals surface area (Å²) in [6, 6.07) is 20.1. The summed E-state index contributed by atoms with van der Waals surface area (Å²) < 4.78 is 8.40. The Kier molecular flexibility index (Phi) is 6.13. The van der Waals surface area contributed by atoms with Crippen LogP contribution in [0.3, 0.4) is 0 Å². The van der Waals surface area contributed by atoms with E-state index in [-0.39, 0.29) is 11.7 Å². The molecule has 4 rings (SSSR count). The van der Waals surface area contributed by atoms with Gasteiger partial charge in [0.15, 0.2) is 5.82 Å². The number of methoxy groups -OCH3 is 1. The van der Waals surface area contributed by atoms with Crippen LogP contribution in [0, 0.1) is 0 Å². The Balaban J connectivity index is 1.48. The van der Waals surface area contributed by atoms with E-state index in [0.29, 0.717) is 22.2 Å². The number of nitrogens with one attached hydrogen (secondary N) is 1. The highest BCUT2D eigenvalue weighted by atomic mass is 32.2. The van der Waals surface area contributed by atoms with Gasteiger partial charge in [0.25, 0.3) is 0 Å². The zero-order valence-corrected chi connectivity index (χ0v) is 17.5. The number of rotatable bonds is 7. The van der Waals surface area contributed by atoms with Gasteiger partial charge in [-0.1, -0.05) is 42.1 Å². The Morgan fingerprint density at radius 2 is 1.68 bits per heavy atom. The minimum Gasteiger partial charge on any atom is -0.465 e. The normalized spacial score (nSPS) is 10.6. The van der Waals surface area contributed by atoms with Crippen LogP contribution in [0.1, 0.15) is 10.4 Å². The van der Waals surface area contributed by atoms with Gasteiger partial charge in [-0.25, -0.2) is 9.47 Å². The van der Waals surface area contributed by atoms with Crippen molar-refractivity contribution in [2.75, 3.05) is 18.2 Å². The monoisotopic (exact) mass is 433 g/mol. The molecule has 2 aromatic carbocycles. The van der Waals surface area contributed by atoms with E-state index in [2.05, 4.69) is 20.3 Å². The van der Waals surface area contributed by atoms with Crippen LogP contribution < -0.4 is 5.32 Å². The van der Waals surface area contributed by atoms with Crippen LogP contribution >= 0.6 is 11.8 Å². The summed E-state index contributed by atoms with van der Waals surface area (Å²) >= 11 is 1.28. The molecule has 0 spiro atoms. The van der Waals surface area contributed by atoms with Crippen LogP contribution in [0.2, 0.25) is 0 Å². The Morgan fingerprint density at radius 3 is 2.35 bits per heavy atom. The first kappa shape index (κ1) is 20.4. The van der Waals surface area contributed by atoms with Gasteiger partial charge in [0, 0.05) is 23.6 Å². The molecule has 9 heteroatoms. The van der Waals surface area contributed by atoms with Gasteiger partial charge in [0.1, 0.15) is 0 Å². The van der Waals surface area contributed by atoms with Crippen LogP contribution in [0.25, 0.3) is 11.4 Å². The molecule has 8 nitrogen and oxygen atoms in total. The van der Waals surface area contributed by atoms with E-state index in [1.165, 1.54) is 18.9 Å². The average molecular weight is 433 g/mol. The Bertz CT molecular complexity index is 1170. The topological polar surface area (TPSA) is 91.0 Å². The molecule has 0 unspecified atom stereocenters. The lowest BCUT2D eigenvalue weighted by Gasteiger charge is -2.11. The van der Waals surface area contributed by atoms with E-state index in [1.54, 1.807) is 24.3 Å². The molecule has 0 atom stereocenters. The number of thioether (sulfide) groups is 1. The van der Waals surface area contributed by atoms with Crippen molar-refractivity contribution in [2.24, 2.45) is 0 Å². The second-order valence-electron chi connectivity index (χ2n) is 6.45. The van der Waals surface area contributed by atoms with E-state index in [0.717, 1.165) is 5.56 Å². The molecule has 1 N–H and O–H groups in total. The molecule has 0 radical (unpaired) electrons. The first-order valence-electron chi connectivity index (χ1n) is 9.41. The first-order chi connectivity index (χ1) is 15.2. The van der Waals surface area contributed by atoms with Crippen molar-refractivity contribution < 1.29 is 14.3 Å². The van der Waals surface area contributed by atoms with Gasteiger partial charge >= 0.3 is 5.97 Å². The molecule has 0 aliphatic carbocycles. The van der Waals surface area contributed by atoms with E-state index in [9.17, 15) is 9.59 Å². The fourth-order valence-corrected chi connectivity index (χ4v) is 3.66. The second-order valence-corrected chi connectivity index (χ2v) is 7.40. The van der Waals surface area contributed by atoms with E-state index < -0.39 is 5.97 Å². The summed E-state index contributed by atoms with van der Waals surface area (Å²) in [6.07, 6.45) is 3.78. The lowest BCUT2D eigenvalue weighted by atomic mass is 10.2. The van der Waals surface area contributed by atoms with Gasteiger partial charge in [-0.3, -0.25) is 9.47 Å². The lowest BCUT2D eigenvalue weighted by Crippen LogP contribution is -2.16. The number of carbonyl (C=O) groups excluding carboxylic acids is 2. The highest BCUT2D eigenvalue weighted by Gasteiger charge is 2.17. The molecule has 2 aromatic heterocycles. The van der Waals surface area contributed by atoms with Crippen molar-refractivity contribution in [1.29, 1.82) is 0 Å². The summed E-state index contributed by atoms with van der Waals surface area (Å²) in [6.45, 7) is 0. The minimum absolute atomic E-state index is 0.146. The molecular formula is C22H19N5O3S. The van der Waals surface area contributed by atoms with Gasteiger partial charge in [-0.05, 0) is 36.4 Å². The maximum Gasteiger partial charge on any atom is 0.337 e. The summed E-state index contributed by atoms with van der Waals surface area (Å²) in [4.78, 5) is 24.0. The number of aromatic nitrogens is 4. The van der Waals surface area contributed by atoms with Crippen molar-refractivity contribution in [3.63, 3.8) is 0 Å². The van der Waals surface area contributed by atoms with Crippen molar-refractivity contribution in [3.8, 4) is 11.4 Å². The van der Waals surface area contributed by atoms with Gasteiger partial charge < -0.3 is 10.1 Å². The van der Waals surface area contributed by atoms with Gasteiger partial charge in [-0.2, -0.15) is 0 Å². The van der Waals surface area contributed by atoms with Crippen LogP contribution in [0.4, 0.5) is 5.69 Å². The number of ether oxygens (including phenoxy) is 1. The summed E-state index contributed by atoms with van der Waals surface area (Å²) in [7, 11) is 1.32. The highest BCUT2D eigenvalue weighted by Crippen LogP contribution is 2.24. The number of hydrogen-bond acceptors (Lipinski definition) is 6. The average Bonchev–Trinajstić information content (AvgIpc) is 3.48. The van der Waals surface area contributed by atoms with Gasteiger partial charge in [-0.15, -0.1) is 10.2 Å². The number of benzene rings is 2. The molecule has 156 valence electrons. The van der Waals surface area contributed by atoms with E-state index >= 15 is 0 Å². The van der Waals surface area contributed by atoms with Crippen molar-refractivity contribution in [2.45, 2.75) is 5.16 Å². The van der Waals surface area contributed by atoms with E-state index in [4.69, 9.17) is 0 Å². The molecule has 0 fully saturated rings. The summed E-state index contributed by atoms with van der Waals surface area (Å²) in [5, 5.41) is 12.0. The quantitative estimate of drug-likeness (QED) is 0.354. The lowest BCUT2D eigenvalue weighted by molar-refractivity contribution is -0.113. The molecule has 1 amide bonds. The van der Waals surface area contributed by atoms with Crippen LogP contribution in [0.15, 0.2) is 84.3 Å². The Hall–Kier alpha value is -3.85. The summed E-state index contributed by atoms with van der Waals surface area (Å²) in [5.41, 5.74) is 1.93. The first-order valence-corrected chi connectivity index (χ1v) is 10.4. The van der Waals surface area contributed by atoms with Crippen molar-refractivity contribution in [1.82, 2.24) is 19.5 Å². The van der Waals surface area contributed by atoms with Crippen molar-refractivity contribution >= 4 is 29.3 Å². The number of anilines is 1. The summed E-state index contributed by atoms with van der Waals surface area (Å²) in [5.74, 6) is 0.205.